The molecule has 2 unspecified atom stereocenters. The minimum Gasteiger partial charge on any atom is -0.424 e. The van der Waals surface area contributed by atoms with Crippen LogP contribution in [0.1, 0.15) is 42.5 Å². The molecule has 2 saturated heterocycles. The Morgan fingerprint density at radius 3 is 2.52 bits per heavy atom. The van der Waals surface area contributed by atoms with Crippen LogP contribution in [-0.2, 0) is 0 Å². The Hall–Kier alpha value is -1.25. The summed E-state index contributed by atoms with van der Waals surface area (Å²) in [5, 5.41) is 6.46. The van der Waals surface area contributed by atoms with E-state index in [4.69, 9.17) is 4.42 Å². The first-order chi connectivity index (χ1) is 13.5. The third kappa shape index (κ3) is 6.39. The van der Waals surface area contributed by atoms with E-state index in [0.29, 0.717) is 34.8 Å². The van der Waals surface area contributed by atoms with Crippen molar-refractivity contribution in [2.45, 2.75) is 50.2 Å². The van der Waals surface area contributed by atoms with Gasteiger partial charge < -0.3 is 24.9 Å². The van der Waals surface area contributed by atoms with Crippen LogP contribution < -0.4 is 10.6 Å². The molecule has 4 rings (SSSR count). The van der Waals surface area contributed by atoms with E-state index in [-0.39, 0.29) is 49.2 Å². The molecule has 176 valence electrons. The molecule has 0 radical (unpaired) electrons. The lowest BCUT2D eigenvalue weighted by atomic mass is 9.82. The first-order valence-electron chi connectivity index (χ1n) is 10.3. The SMILES string of the molecule is CN(C)CCNc1nc2c(C(=O)NC3CC4CCCC(C3)N4C)cccc2o1.Cl.Cl.Cl. The van der Waals surface area contributed by atoms with Gasteiger partial charge in [-0.05, 0) is 59.0 Å². The maximum Gasteiger partial charge on any atom is 0.295 e. The van der Waals surface area contributed by atoms with Gasteiger partial charge in [0.25, 0.3) is 11.9 Å². The van der Waals surface area contributed by atoms with Gasteiger partial charge in [0.15, 0.2) is 5.58 Å². The van der Waals surface area contributed by atoms with E-state index in [9.17, 15) is 4.79 Å². The number of anilines is 1. The molecule has 2 atom stereocenters. The quantitative estimate of drug-likeness (QED) is 0.636. The van der Waals surface area contributed by atoms with Crippen LogP contribution in [0.15, 0.2) is 22.6 Å². The predicted molar refractivity (Wildman–Crippen MR) is 132 cm³/mol. The summed E-state index contributed by atoms with van der Waals surface area (Å²) in [5.74, 6) is -0.0497. The summed E-state index contributed by atoms with van der Waals surface area (Å²) in [6.07, 6.45) is 5.85. The summed E-state index contributed by atoms with van der Waals surface area (Å²) in [7, 11) is 6.27. The molecule has 2 N–H and O–H groups in total. The van der Waals surface area contributed by atoms with Crippen LogP contribution in [0.3, 0.4) is 0 Å². The standard InChI is InChI=1S/C21H31N5O2.3ClH/c1-25(2)11-10-22-21-24-19-17(8-5-9-18(19)28-21)20(27)23-14-12-15-6-4-7-16(13-14)26(15)3;;;/h5,8-9,14-16H,4,6-7,10-13H2,1-3H3,(H,22,24)(H,23,27);3*1H. The Morgan fingerprint density at radius 2 is 1.87 bits per heavy atom. The predicted octanol–water partition coefficient (Wildman–Crippen LogP) is 3.81. The number of likely N-dealkylation sites (N-methyl/N-ethyl adjacent to an activating group) is 1. The van der Waals surface area contributed by atoms with Gasteiger partial charge >= 0.3 is 0 Å². The highest BCUT2D eigenvalue weighted by atomic mass is 35.5. The summed E-state index contributed by atoms with van der Waals surface area (Å²) in [6, 6.07) is 7.43. The van der Waals surface area contributed by atoms with Crippen molar-refractivity contribution >= 4 is 60.2 Å². The van der Waals surface area contributed by atoms with E-state index in [2.05, 4.69) is 32.5 Å². The number of piperidine rings is 2. The molecule has 2 bridgehead atoms. The summed E-state index contributed by atoms with van der Waals surface area (Å²) in [4.78, 5) is 22.1. The van der Waals surface area contributed by atoms with Gasteiger partial charge in [0, 0.05) is 31.2 Å². The number of oxazole rings is 1. The molecule has 31 heavy (non-hydrogen) atoms. The Bertz CT molecular complexity index is 834. The van der Waals surface area contributed by atoms with Crippen LogP contribution in [0.5, 0.6) is 0 Å². The molecule has 0 aliphatic carbocycles. The van der Waals surface area contributed by atoms with Gasteiger partial charge in [-0.1, -0.05) is 12.5 Å². The molecule has 1 amide bonds. The largest absolute Gasteiger partial charge is 0.424 e. The first-order valence-corrected chi connectivity index (χ1v) is 10.3. The fourth-order valence-corrected chi connectivity index (χ4v) is 4.59. The molecule has 2 aliphatic heterocycles. The molecule has 0 spiro atoms. The fourth-order valence-electron chi connectivity index (χ4n) is 4.59. The van der Waals surface area contributed by atoms with Crippen molar-refractivity contribution < 1.29 is 9.21 Å². The minimum atomic E-state index is -0.0497. The average Bonchev–Trinajstić information content (AvgIpc) is 3.05. The highest BCUT2D eigenvalue weighted by Crippen LogP contribution is 2.33. The number of rotatable bonds is 6. The Kier molecular flexibility index (Phi) is 10.9. The van der Waals surface area contributed by atoms with E-state index < -0.39 is 0 Å². The average molecular weight is 495 g/mol. The number of carbonyl (C=O) groups excluding carboxylic acids is 1. The number of nitrogens with zero attached hydrogens (tertiary/aromatic N) is 3. The molecule has 1 aromatic heterocycles. The molecular weight excluding hydrogens is 461 g/mol. The number of aromatic nitrogens is 1. The highest BCUT2D eigenvalue weighted by molar-refractivity contribution is 6.04. The minimum absolute atomic E-state index is 0. The molecule has 1 aromatic carbocycles. The van der Waals surface area contributed by atoms with E-state index in [1.54, 1.807) is 0 Å². The maximum atomic E-state index is 13.0. The van der Waals surface area contributed by atoms with Gasteiger partial charge in [0.2, 0.25) is 0 Å². The summed E-state index contributed by atoms with van der Waals surface area (Å²) in [6.45, 7) is 1.62. The number of hydrogen-bond donors (Lipinski definition) is 2. The van der Waals surface area contributed by atoms with Gasteiger partial charge in [-0.2, -0.15) is 4.98 Å². The fraction of sp³-hybridized carbons (Fsp3) is 0.619. The van der Waals surface area contributed by atoms with Crippen LogP contribution in [-0.4, -0.2) is 73.0 Å². The lowest BCUT2D eigenvalue weighted by Crippen LogP contribution is -2.55. The van der Waals surface area contributed by atoms with Gasteiger partial charge in [-0.3, -0.25) is 4.79 Å². The van der Waals surface area contributed by atoms with Gasteiger partial charge in [-0.25, -0.2) is 0 Å². The lowest BCUT2D eigenvalue weighted by Gasteiger charge is -2.47. The molecule has 2 aromatic rings. The van der Waals surface area contributed by atoms with Crippen LogP contribution in [0.25, 0.3) is 11.1 Å². The molecule has 10 heteroatoms. The zero-order chi connectivity index (χ0) is 19.7. The van der Waals surface area contributed by atoms with Crippen LogP contribution in [0.4, 0.5) is 6.01 Å². The van der Waals surface area contributed by atoms with Crippen molar-refractivity contribution in [3.8, 4) is 0 Å². The molecule has 0 saturated carbocycles. The molecule has 3 heterocycles. The summed E-state index contributed by atoms with van der Waals surface area (Å²) in [5.41, 5.74) is 1.85. The van der Waals surface area contributed by atoms with E-state index in [1.807, 2.05) is 32.3 Å². The monoisotopic (exact) mass is 493 g/mol. The number of amides is 1. The molecule has 2 aliphatic rings. The molecular formula is C21H34Cl3N5O2. The van der Waals surface area contributed by atoms with E-state index in [0.717, 1.165) is 25.9 Å². The number of nitrogens with one attached hydrogen (secondary N) is 2. The molecule has 2 fully saturated rings. The summed E-state index contributed by atoms with van der Waals surface area (Å²) < 4.78 is 5.78. The number of fused-ring (bicyclic) bond motifs is 3. The Balaban J connectivity index is 0.00000160. The number of carbonyl (C=O) groups is 1. The number of para-hydroxylation sites is 1. The Morgan fingerprint density at radius 1 is 1.19 bits per heavy atom. The zero-order valence-electron chi connectivity index (χ0n) is 18.3. The van der Waals surface area contributed by atoms with Gasteiger partial charge in [-0.15, -0.1) is 37.2 Å². The van der Waals surface area contributed by atoms with Crippen molar-refractivity contribution in [1.82, 2.24) is 20.1 Å². The Labute approximate surface area is 202 Å². The number of halogens is 3. The van der Waals surface area contributed by atoms with Crippen molar-refractivity contribution in [3.63, 3.8) is 0 Å². The lowest BCUT2D eigenvalue weighted by molar-refractivity contribution is 0.0463. The first kappa shape index (κ1) is 27.8. The smallest absolute Gasteiger partial charge is 0.295 e. The highest BCUT2D eigenvalue weighted by Gasteiger charge is 2.36. The van der Waals surface area contributed by atoms with Gasteiger partial charge in [0.05, 0.1) is 5.56 Å². The second kappa shape index (κ2) is 12.1. The van der Waals surface area contributed by atoms with Crippen LogP contribution in [0, 0.1) is 0 Å². The second-order valence-corrected chi connectivity index (χ2v) is 8.45. The topological polar surface area (TPSA) is 73.6 Å². The zero-order valence-corrected chi connectivity index (χ0v) is 20.7. The van der Waals surface area contributed by atoms with Crippen LogP contribution >= 0.6 is 37.2 Å². The third-order valence-electron chi connectivity index (χ3n) is 6.17. The van der Waals surface area contributed by atoms with Crippen molar-refractivity contribution in [1.29, 1.82) is 0 Å². The van der Waals surface area contributed by atoms with E-state index in [1.165, 1.54) is 19.3 Å². The second-order valence-electron chi connectivity index (χ2n) is 8.45. The van der Waals surface area contributed by atoms with Gasteiger partial charge in [0.1, 0.15) is 5.52 Å². The van der Waals surface area contributed by atoms with E-state index >= 15 is 0 Å². The summed E-state index contributed by atoms with van der Waals surface area (Å²) >= 11 is 0. The normalized spacial score (nSPS) is 22.8. The number of benzene rings is 1. The van der Waals surface area contributed by atoms with Crippen LogP contribution in [0.2, 0.25) is 0 Å². The number of hydrogen-bond acceptors (Lipinski definition) is 6. The van der Waals surface area contributed by atoms with Crippen molar-refractivity contribution in [2.24, 2.45) is 0 Å². The van der Waals surface area contributed by atoms with Crippen molar-refractivity contribution in [3.05, 3.63) is 23.8 Å². The maximum absolute atomic E-state index is 13.0. The third-order valence-corrected chi connectivity index (χ3v) is 6.17. The van der Waals surface area contributed by atoms with Crippen molar-refractivity contribution in [2.75, 3.05) is 39.5 Å². The molecule has 7 nitrogen and oxygen atoms in total.